The molecule has 2 aromatic rings. The second-order valence-corrected chi connectivity index (χ2v) is 6.24. The molecule has 1 heteroatoms. The lowest BCUT2D eigenvalue weighted by Gasteiger charge is -2.28. The van der Waals surface area contributed by atoms with Gasteiger partial charge in [-0.1, -0.05) is 63.6 Å². The van der Waals surface area contributed by atoms with Crippen molar-refractivity contribution in [1.29, 1.82) is 0 Å². The zero-order chi connectivity index (χ0) is 15.9. The van der Waals surface area contributed by atoms with Gasteiger partial charge in [-0.2, -0.15) is 0 Å². The highest BCUT2D eigenvalue weighted by atomic mass is 16.3. The Hall–Kier alpha value is -1.76. The van der Waals surface area contributed by atoms with Crippen LogP contribution >= 0.6 is 0 Å². The van der Waals surface area contributed by atoms with Crippen molar-refractivity contribution in [2.45, 2.75) is 52.9 Å². The number of rotatable bonds is 3. The van der Waals surface area contributed by atoms with E-state index in [-0.39, 0.29) is 0 Å². The summed E-state index contributed by atoms with van der Waals surface area (Å²) in [5.41, 5.74) is 4.73. The van der Waals surface area contributed by atoms with Crippen molar-refractivity contribution >= 4 is 0 Å². The lowest BCUT2D eigenvalue weighted by molar-refractivity contribution is 0.468. The molecule has 0 saturated carbocycles. The van der Waals surface area contributed by atoms with Crippen molar-refractivity contribution in [3.63, 3.8) is 0 Å². The van der Waals surface area contributed by atoms with Crippen molar-refractivity contribution in [2.75, 3.05) is 0 Å². The van der Waals surface area contributed by atoms with Crippen LogP contribution in [0.25, 0.3) is 0 Å². The Morgan fingerprint density at radius 3 is 1.76 bits per heavy atom. The van der Waals surface area contributed by atoms with Gasteiger partial charge in [0.15, 0.2) is 0 Å². The van der Waals surface area contributed by atoms with Gasteiger partial charge in [0.1, 0.15) is 5.75 Å². The number of aryl methyl sites for hydroxylation is 2. The number of phenolic OH excluding ortho intramolecular Hbond substituents is 1. The van der Waals surface area contributed by atoms with Crippen LogP contribution in [0.4, 0.5) is 0 Å². The van der Waals surface area contributed by atoms with Crippen molar-refractivity contribution in [1.82, 2.24) is 0 Å². The molecule has 0 aliphatic heterocycles. The third kappa shape index (κ3) is 5.26. The fourth-order valence-electron chi connectivity index (χ4n) is 3.06. The lowest BCUT2D eigenvalue weighted by Crippen LogP contribution is -2.19. The molecule has 0 amide bonds. The largest absolute Gasteiger partial charge is 0.508 e. The van der Waals surface area contributed by atoms with Gasteiger partial charge in [0.05, 0.1) is 0 Å². The van der Waals surface area contributed by atoms with Gasteiger partial charge in [-0.05, 0) is 54.5 Å². The van der Waals surface area contributed by atoms with Gasteiger partial charge in [0.25, 0.3) is 0 Å². The summed E-state index contributed by atoms with van der Waals surface area (Å²) in [5, 5.41) is 8.63. The summed E-state index contributed by atoms with van der Waals surface area (Å²) in [5.74, 6) is 0.322. The van der Waals surface area contributed by atoms with Gasteiger partial charge < -0.3 is 5.11 Å². The molecular formula is C20H28O. The Morgan fingerprint density at radius 2 is 1.38 bits per heavy atom. The third-order valence-corrected chi connectivity index (χ3v) is 3.79. The van der Waals surface area contributed by atoms with Crippen molar-refractivity contribution in [3.05, 3.63) is 65.2 Å². The number of benzene rings is 2. The summed E-state index contributed by atoms with van der Waals surface area (Å²) >= 11 is 0. The average Bonchev–Trinajstić information content (AvgIpc) is 2.39. The van der Waals surface area contributed by atoms with Crippen molar-refractivity contribution in [2.24, 2.45) is 0 Å². The van der Waals surface area contributed by atoms with Gasteiger partial charge in [-0.3, -0.25) is 0 Å². The van der Waals surface area contributed by atoms with E-state index in [1.165, 1.54) is 24.0 Å². The van der Waals surface area contributed by atoms with E-state index >= 15 is 0 Å². The second kappa shape index (κ2) is 7.87. The van der Waals surface area contributed by atoms with Gasteiger partial charge in [0.2, 0.25) is 0 Å². The second-order valence-electron chi connectivity index (χ2n) is 6.24. The van der Waals surface area contributed by atoms with Gasteiger partial charge in [-0.25, -0.2) is 0 Å². The molecular weight excluding hydrogens is 256 g/mol. The summed E-state index contributed by atoms with van der Waals surface area (Å²) in [6.07, 6.45) is 2.51. The average molecular weight is 284 g/mol. The summed E-state index contributed by atoms with van der Waals surface area (Å²) < 4.78 is 0. The van der Waals surface area contributed by atoms with Crippen LogP contribution < -0.4 is 0 Å². The minimum Gasteiger partial charge on any atom is -0.508 e. The van der Waals surface area contributed by atoms with Crippen molar-refractivity contribution in [3.8, 4) is 5.75 Å². The lowest BCUT2D eigenvalue weighted by atomic mass is 9.76. The van der Waals surface area contributed by atoms with Gasteiger partial charge >= 0.3 is 0 Å². The molecule has 0 heterocycles. The van der Waals surface area contributed by atoms with E-state index in [0.717, 1.165) is 0 Å². The monoisotopic (exact) mass is 284 g/mol. The van der Waals surface area contributed by atoms with E-state index in [2.05, 4.69) is 52.8 Å². The Bertz CT molecular complexity index is 521. The molecule has 2 aromatic carbocycles. The number of aromatic hydroxyl groups is 1. The first kappa shape index (κ1) is 17.3. The van der Waals surface area contributed by atoms with E-state index in [0.29, 0.717) is 11.2 Å². The summed E-state index contributed by atoms with van der Waals surface area (Å²) in [6, 6.07) is 15.3. The Kier molecular flexibility index (Phi) is 6.48. The smallest absolute Gasteiger partial charge is 0.115 e. The van der Waals surface area contributed by atoms with E-state index in [4.69, 9.17) is 5.11 Å². The molecule has 0 aliphatic rings. The minimum absolute atomic E-state index is 0.322. The maximum Gasteiger partial charge on any atom is 0.115 e. The highest BCUT2D eigenvalue weighted by Crippen LogP contribution is 2.33. The zero-order valence-corrected chi connectivity index (χ0v) is 14.0. The number of para-hydroxylation sites is 1. The molecule has 0 radical (unpaired) electrons. The Balaban J connectivity index is 0.000000262. The molecule has 0 spiro atoms. The molecule has 21 heavy (non-hydrogen) atoms. The quantitative estimate of drug-likeness (QED) is 0.758. The van der Waals surface area contributed by atoms with E-state index in [1.54, 1.807) is 29.8 Å². The maximum absolute atomic E-state index is 8.63. The number of phenols is 1. The molecule has 0 unspecified atom stereocenters. The predicted molar refractivity (Wildman–Crippen MR) is 92.0 cm³/mol. The Labute approximate surface area is 129 Å². The highest BCUT2D eigenvalue weighted by Gasteiger charge is 2.22. The first-order valence-electron chi connectivity index (χ1n) is 7.69. The third-order valence-electron chi connectivity index (χ3n) is 3.79. The van der Waals surface area contributed by atoms with Gasteiger partial charge in [0, 0.05) is 0 Å². The molecule has 0 aromatic heterocycles. The first-order valence-corrected chi connectivity index (χ1v) is 7.69. The fraction of sp³-hybridized carbons (Fsp3) is 0.400. The number of hydrogen-bond donors (Lipinski definition) is 1. The molecule has 2 rings (SSSR count). The van der Waals surface area contributed by atoms with E-state index in [1.807, 2.05) is 6.07 Å². The summed E-state index contributed by atoms with van der Waals surface area (Å²) in [6.45, 7) is 11.4. The van der Waals surface area contributed by atoms with Crippen LogP contribution in [0.2, 0.25) is 0 Å². The molecule has 0 atom stereocenters. The SMILES string of the molecule is CCCC(C)(C)c1c(C)cccc1C.Oc1ccccc1. The standard InChI is InChI=1S/C14H22.C6H6O/c1-6-10-14(4,5)13-11(2)8-7-9-12(13)3;7-6-4-2-1-3-5-6/h7-9H,6,10H2,1-5H3;1-5,7H. The molecule has 114 valence electrons. The van der Waals surface area contributed by atoms with Crippen LogP contribution in [-0.2, 0) is 5.41 Å². The van der Waals surface area contributed by atoms with Crippen LogP contribution in [0, 0.1) is 13.8 Å². The van der Waals surface area contributed by atoms with Crippen LogP contribution in [0.15, 0.2) is 48.5 Å². The predicted octanol–water partition coefficient (Wildman–Crippen LogP) is 5.77. The van der Waals surface area contributed by atoms with Crippen LogP contribution in [0.3, 0.4) is 0 Å². The molecule has 0 aliphatic carbocycles. The topological polar surface area (TPSA) is 20.2 Å². The van der Waals surface area contributed by atoms with E-state index < -0.39 is 0 Å². The van der Waals surface area contributed by atoms with E-state index in [9.17, 15) is 0 Å². The zero-order valence-electron chi connectivity index (χ0n) is 14.0. The summed E-state index contributed by atoms with van der Waals surface area (Å²) in [7, 11) is 0. The molecule has 0 fully saturated rings. The van der Waals surface area contributed by atoms with Crippen LogP contribution in [-0.4, -0.2) is 5.11 Å². The first-order chi connectivity index (χ1) is 9.88. The molecule has 1 nitrogen and oxygen atoms in total. The summed E-state index contributed by atoms with van der Waals surface area (Å²) in [4.78, 5) is 0. The minimum atomic E-state index is 0.322. The highest BCUT2D eigenvalue weighted by molar-refractivity contribution is 5.38. The van der Waals surface area contributed by atoms with Gasteiger partial charge in [-0.15, -0.1) is 0 Å². The molecule has 1 N–H and O–H groups in total. The normalized spacial score (nSPS) is 10.7. The maximum atomic E-state index is 8.63. The molecule has 0 saturated heterocycles. The van der Waals surface area contributed by atoms with Crippen LogP contribution in [0.1, 0.15) is 50.3 Å². The Morgan fingerprint density at radius 1 is 0.857 bits per heavy atom. The number of hydrogen-bond acceptors (Lipinski definition) is 1. The van der Waals surface area contributed by atoms with Crippen LogP contribution in [0.5, 0.6) is 5.75 Å². The fourth-order valence-corrected chi connectivity index (χ4v) is 3.06. The van der Waals surface area contributed by atoms with Crippen molar-refractivity contribution < 1.29 is 5.11 Å². The molecule has 0 bridgehead atoms.